The molecule has 0 aliphatic carbocycles. The molecule has 0 saturated heterocycles. The number of nitrogens with zero attached hydrogens (tertiary/aromatic N) is 2. The number of benzene rings is 2. The molecule has 0 spiro atoms. The molecule has 0 saturated carbocycles. The normalized spacial score (nSPS) is 13.0. The lowest BCUT2D eigenvalue weighted by molar-refractivity contribution is -0.387. The van der Waals surface area contributed by atoms with Gasteiger partial charge in [0, 0.05) is 19.2 Å². The summed E-state index contributed by atoms with van der Waals surface area (Å²) in [4.78, 5) is 37.2. The van der Waals surface area contributed by atoms with Crippen molar-refractivity contribution in [3.8, 4) is 0 Å². The van der Waals surface area contributed by atoms with E-state index in [1.807, 2.05) is 24.3 Å². The Kier molecular flexibility index (Phi) is 5.75. The van der Waals surface area contributed by atoms with Gasteiger partial charge in [0.2, 0.25) is 0 Å². The molecule has 1 heterocycles. The van der Waals surface area contributed by atoms with Gasteiger partial charge in [-0.3, -0.25) is 14.9 Å². The summed E-state index contributed by atoms with van der Waals surface area (Å²) in [5.74, 6) is -1.04. The van der Waals surface area contributed by atoms with Gasteiger partial charge >= 0.3 is 5.97 Å². The van der Waals surface area contributed by atoms with Crippen LogP contribution in [0, 0.1) is 10.1 Å². The molecule has 0 radical (unpaired) electrons. The third kappa shape index (κ3) is 4.28. The molecule has 0 atom stereocenters. The standard InChI is InChI=1S/C19H18N2O5S/c1-27-17-7-6-14(10-16(17)21(24)25)19(23)26-12-18(22)20-9-8-13-4-2-3-5-15(13)11-20/h2-7,10H,8-9,11-12H2,1H3. The second-order valence-corrected chi connectivity index (χ2v) is 6.90. The largest absolute Gasteiger partial charge is 0.452 e. The average molecular weight is 386 g/mol. The van der Waals surface area contributed by atoms with Crippen molar-refractivity contribution < 1.29 is 19.2 Å². The molecular weight excluding hydrogens is 368 g/mol. The molecule has 0 aromatic heterocycles. The molecule has 27 heavy (non-hydrogen) atoms. The Balaban J connectivity index is 1.62. The third-order valence-electron chi connectivity index (χ3n) is 4.42. The minimum Gasteiger partial charge on any atom is -0.452 e. The van der Waals surface area contributed by atoms with Gasteiger partial charge in [-0.2, -0.15) is 0 Å². The Morgan fingerprint density at radius 1 is 1.22 bits per heavy atom. The molecule has 2 aromatic carbocycles. The maximum Gasteiger partial charge on any atom is 0.338 e. The Hall–Kier alpha value is -2.87. The van der Waals surface area contributed by atoms with Crippen LogP contribution in [0.5, 0.6) is 0 Å². The summed E-state index contributed by atoms with van der Waals surface area (Å²) in [7, 11) is 0. The predicted octanol–water partition coefficient (Wildman–Crippen LogP) is 3.06. The number of esters is 1. The minimum absolute atomic E-state index is 0.0521. The van der Waals surface area contributed by atoms with E-state index in [2.05, 4.69) is 0 Å². The molecule has 2 aromatic rings. The molecule has 0 bridgehead atoms. The van der Waals surface area contributed by atoms with Crippen LogP contribution >= 0.6 is 11.8 Å². The van der Waals surface area contributed by atoms with Crippen LogP contribution in [0.25, 0.3) is 0 Å². The van der Waals surface area contributed by atoms with Crippen molar-refractivity contribution in [3.05, 3.63) is 69.3 Å². The first kappa shape index (κ1) is 18.9. The molecule has 7 nitrogen and oxygen atoms in total. The molecule has 1 aliphatic heterocycles. The highest BCUT2D eigenvalue weighted by Crippen LogP contribution is 2.28. The van der Waals surface area contributed by atoms with Crippen LogP contribution in [-0.4, -0.2) is 41.1 Å². The van der Waals surface area contributed by atoms with E-state index in [4.69, 9.17) is 4.74 Å². The monoisotopic (exact) mass is 386 g/mol. The van der Waals surface area contributed by atoms with Gasteiger partial charge in [-0.25, -0.2) is 4.79 Å². The maximum absolute atomic E-state index is 12.4. The second-order valence-electron chi connectivity index (χ2n) is 6.05. The van der Waals surface area contributed by atoms with E-state index in [0.29, 0.717) is 18.0 Å². The fourth-order valence-corrected chi connectivity index (χ4v) is 3.52. The van der Waals surface area contributed by atoms with Crippen molar-refractivity contribution in [3.63, 3.8) is 0 Å². The van der Waals surface area contributed by atoms with Gasteiger partial charge in [-0.05, 0) is 35.9 Å². The molecule has 1 aliphatic rings. The van der Waals surface area contributed by atoms with E-state index in [1.165, 1.54) is 35.5 Å². The lowest BCUT2D eigenvalue weighted by atomic mass is 10.00. The van der Waals surface area contributed by atoms with Crippen LogP contribution in [0.3, 0.4) is 0 Å². The first-order valence-corrected chi connectivity index (χ1v) is 9.56. The van der Waals surface area contributed by atoms with E-state index in [0.717, 1.165) is 12.0 Å². The number of ether oxygens (including phenoxy) is 1. The predicted molar refractivity (Wildman–Crippen MR) is 101 cm³/mol. The highest BCUT2D eigenvalue weighted by Gasteiger charge is 2.23. The first-order chi connectivity index (χ1) is 13.0. The number of amides is 1. The number of hydrogen-bond acceptors (Lipinski definition) is 6. The van der Waals surface area contributed by atoms with Gasteiger partial charge in [0.05, 0.1) is 15.4 Å². The molecule has 0 fully saturated rings. The zero-order valence-electron chi connectivity index (χ0n) is 14.7. The summed E-state index contributed by atoms with van der Waals surface area (Å²) in [5.41, 5.74) is 2.21. The van der Waals surface area contributed by atoms with E-state index >= 15 is 0 Å². The second kappa shape index (κ2) is 8.22. The van der Waals surface area contributed by atoms with Gasteiger partial charge in [0.15, 0.2) is 6.61 Å². The first-order valence-electron chi connectivity index (χ1n) is 8.33. The lowest BCUT2D eigenvalue weighted by Gasteiger charge is -2.28. The molecule has 140 valence electrons. The molecule has 8 heteroatoms. The quantitative estimate of drug-likeness (QED) is 0.340. The molecule has 3 rings (SSSR count). The smallest absolute Gasteiger partial charge is 0.338 e. The summed E-state index contributed by atoms with van der Waals surface area (Å²) in [6, 6.07) is 12.1. The van der Waals surface area contributed by atoms with Crippen molar-refractivity contribution in [2.45, 2.75) is 17.9 Å². The van der Waals surface area contributed by atoms with E-state index in [1.54, 1.807) is 11.2 Å². The van der Waals surface area contributed by atoms with E-state index in [-0.39, 0.29) is 23.8 Å². The highest BCUT2D eigenvalue weighted by molar-refractivity contribution is 7.98. The van der Waals surface area contributed by atoms with Gasteiger partial charge in [0.1, 0.15) is 0 Å². The van der Waals surface area contributed by atoms with Crippen molar-refractivity contribution >= 4 is 29.3 Å². The van der Waals surface area contributed by atoms with Crippen LogP contribution < -0.4 is 0 Å². The van der Waals surface area contributed by atoms with E-state index < -0.39 is 10.9 Å². The molecule has 0 N–H and O–H groups in total. The number of rotatable bonds is 5. The van der Waals surface area contributed by atoms with Crippen molar-refractivity contribution in [2.24, 2.45) is 0 Å². The lowest BCUT2D eigenvalue weighted by Crippen LogP contribution is -2.38. The molecule has 1 amide bonds. The summed E-state index contributed by atoms with van der Waals surface area (Å²) < 4.78 is 5.08. The topological polar surface area (TPSA) is 89.8 Å². The van der Waals surface area contributed by atoms with Crippen LogP contribution in [0.15, 0.2) is 47.4 Å². The number of carbonyl (C=O) groups is 2. The third-order valence-corrected chi connectivity index (χ3v) is 5.21. The fourth-order valence-electron chi connectivity index (χ4n) is 2.97. The van der Waals surface area contributed by atoms with Crippen molar-refractivity contribution in [1.29, 1.82) is 0 Å². The molecule has 0 unspecified atom stereocenters. The fraction of sp³-hybridized carbons (Fsp3) is 0.263. The summed E-state index contributed by atoms with van der Waals surface area (Å²) in [5, 5.41) is 11.1. The molecular formula is C19H18N2O5S. The number of carbonyl (C=O) groups excluding carboxylic acids is 2. The highest BCUT2D eigenvalue weighted by atomic mass is 32.2. The van der Waals surface area contributed by atoms with E-state index in [9.17, 15) is 19.7 Å². The van der Waals surface area contributed by atoms with Crippen LogP contribution in [0.1, 0.15) is 21.5 Å². The van der Waals surface area contributed by atoms with Gasteiger partial charge in [-0.15, -0.1) is 11.8 Å². The number of nitro groups is 1. The number of thioether (sulfide) groups is 1. The number of nitro benzene ring substituents is 1. The summed E-state index contributed by atoms with van der Waals surface area (Å²) >= 11 is 1.22. The average Bonchev–Trinajstić information content (AvgIpc) is 2.70. The van der Waals surface area contributed by atoms with Gasteiger partial charge in [-0.1, -0.05) is 24.3 Å². The number of hydrogen-bond donors (Lipinski definition) is 0. The van der Waals surface area contributed by atoms with Gasteiger partial charge < -0.3 is 9.64 Å². The summed E-state index contributed by atoms with van der Waals surface area (Å²) in [6.45, 7) is 0.667. The minimum atomic E-state index is -0.753. The van der Waals surface area contributed by atoms with Gasteiger partial charge in [0.25, 0.3) is 11.6 Å². The Labute approximate surface area is 160 Å². The van der Waals surface area contributed by atoms with Crippen LogP contribution in [-0.2, 0) is 22.5 Å². The number of fused-ring (bicyclic) bond motifs is 1. The Bertz CT molecular complexity index is 899. The Morgan fingerprint density at radius 2 is 1.96 bits per heavy atom. The SMILES string of the molecule is CSc1ccc(C(=O)OCC(=O)N2CCc3ccccc3C2)cc1[N+](=O)[O-]. The van der Waals surface area contributed by atoms with Crippen LogP contribution in [0.4, 0.5) is 5.69 Å². The van der Waals surface area contributed by atoms with Crippen molar-refractivity contribution in [1.82, 2.24) is 4.90 Å². The summed E-state index contributed by atoms with van der Waals surface area (Å²) in [6.07, 6.45) is 2.48. The van der Waals surface area contributed by atoms with Crippen LogP contribution in [0.2, 0.25) is 0 Å². The zero-order chi connectivity index (χ0) is 19.4. The zero-order valence-corrected chi connectivity index (χ0v) is 15.5. The maximum atomic E-state index is 12.4. The Morgan fingerprint density at radius 3 is 2.67 bits per heavy atom. The van der Waals surface area contributed by atoms with Crippen molar-refractivity contribution in [2.75, 3.05) is 19.4 Å².